The second kappa shape index (κ2) is 14.1. The smallest absolute Gasteiger partial charge is 0.0653 e. The average molecular weight is 208 g/mol. The Morgan fingerprint density at radius 1 is 0.533 bits per heavy atom. The molecule has 0 unspecified atom stereocenters. The number of rotatable bonds is 12. The second-order valence-electron chi connectivity index (χ2n) is 4.68. The number of hydrogen-bond donors (Lipinski definition) is 0. The lowest BCUT2D eigenvalue weighted by molar-refractivity contribution is 0.548. The van der Waals surface area contributed by atoms with Crippen LogP contribution in [0.3, 0.4) is 0 Å². The largest absolute Gasteiger partial charge is 0.0887 e. The Labute approximate surface area is 98.6 Å². The molecule has 0 heterocycles. The van der Waals surface area contributed by atoms with Crippen molar-refractivity contribution in [3.8, 4) is 0 Å². The highest BCUT2D eigenvalue weighted by Crippen LogP contribution is 2.11. The van der Waals surface area contributed by atoms with Gasteiger partial charge in [-0.05, 0) is 0 Å². The first-order valence-corrected chi connectivity index (χ1v) is 7.12. The molecule has 15 heavy (non-hydrogen) atoms. The third-order valence-electron chi connectivity index (χ3n) is 3.06. The highest BCUT2D eigenvalue weighted by molar-refractivity contribution is 6.08. The topological polar surface area (TPSA) is 0 Å². The fourth-order valence-corrected chi connectivity index (χ4v) is 1.99. The summed E-state index contributed by atoms with van der Waals surface area (Å²) >= 11 is 0. The van der Waals surface area contributed by atoms with E-state index in [1.54, 1.807) is 0 Å². The van der Waals surface area contributed by atoms with Crippen molar-refractivity contribution < 1.29 is 0 Å². The Bertz CT molecular complexity index is 89.5. The third-order valence-corrected chi connectivity index (χ3v) is 3.06. The van der Waals surface area contributed by atoms with Crippen LogP contribution in [0.4, 0.5) is 0 Å². The van der Waals surface area contributed by atoms with E-state index in [2.05, 4.69) is 6.92 Å². The molecule has 0 nitrogen and oxygen atoms in total. The molecule has 0 aromatic rings. The molecule has 0 fully saturated rings. The molecule has 0 rings (SSSR count). The molecule has 0 aliphatic carbocycles. The highest BCUT2D eigenvalue weighted by atomic mass is 14.0. The van der Waals surface area contributed by atoms with Crippen LogP contribution in [-0.4, -0.2) is 7.85 Å². The lowest BCUT2D eigenvalue weighted by atomic mass is 9.98. The Kier molecular flexibility index (Phi) is 14.1. The van der Waals surface area contributed by atoms with Crippen LogP contribution in [0.15, 0.2) is 0 Å². The van der Waals surface area contributed by atoms with E-state index in [0.717, 1.165) is 6.32 Å². The molecular weight excluding hydrogens is 179 g/mol. The number of unbranched alkanes of at least 4 members (excludes halogenated alkanes) is 11. The minimum Gasteiger partial charge on any atom is -0.0887 e. The summed E-state index contributed by atoms with van der Waals surface area (Å²) in [6.07, 6.45) is 17.8. The van der Waals surface area contributed by atoms with E-state index in [9.17, 15) is 0 Å². The summed E-state index contributed by atoms with van der Waals surface area (Å²) in [7, 11) is 5.45. The van der Waals surface area contributed by atoms with Crippen LogP contribution in [0.25, 0.3) is 0 Å². The molecule has 0 saturated carbocycles. The number of hydrogen-bond acceptors (Lipinski definition) is 0. The molecule has 0 amide bonds. The molecule has 2 radical (unpaired) electrons. The molecule has 0 aliphatic rings. The zero-order valence-electron chi connectivity index (χ0n) is 10.8. The summed E-state index contributed by atoms with van der Waals surface area (Å²) in [5, 5.41) is 0. The van der Waals surface area contributed by atoms with Gasteiger partial charge in [-0.3, -0.25) is 0 Å². The molecule has 0 spiro atoms. The maximum absolute atomic E-state index is 5.45. The van der Waals surface area contributed by atoms with Crippen molar-refractivity contribution in [1.29, 1.82) is 0 Å². The maximum atomic E-state index is 5.45. The van der Waals surface area contributed by atoms with E-state index in [1.807, 2.05) is 0 Å². The van der Waals surface area contributed by atoms with Gasteiger partial charge in [0, 0.05) is 0 Å². The van der Waals surface area contributed by atoms with Gasteiger partial charge >= 0.3 is 0 Å². The lowest BCUT2D eigenvalue weighted by Gasteiger charge is -2.01. The first-order valence-electron chi connectivity index (χ1n) is 7.12. The van der Waals surface area contributed by atoms with Crippen LogP contribution >= 0.6 is 0 Å². The van der Waals surface area contributed by atoms with Gasteiger partial charge in [0.2, 0.25) is 0 Å². The van der Waals surface area contributed by atoms with Gasteiger partial charge in [-0.1, -0.05) is 90.3 Å². The van der Waals surface area contributed by atoms with E-state index in [4.69, 9.17) is 7.85 Å². The summed E-state index contributed by atoms with van der Waals surface area (Å²) in [4.78, 5) is 0. The molecule has 88 valence electrons. The minimum atomic E-state index is 0.872. The highest BCUT2D eigenvalue weighted by Gasteiger charge is 1.92. The monoisotopic (exact) mass is 208 g/mol. The van der Waals surface area contributed by atoms with Gasteiger partial charge in [0.15, 0.2) is 0 Å². The van der Waals surface area contributed by atoms with Crippen molar-refractivity contribution in [2.45, 2.75) is 90.3 Å². The van der Waals surface area contributed by atoms with E-state index < -0.39 is 0 Å². The van der Waals surface area contributed by atoms with Gasteiger partial charge < -0.3 is 0 Å². The van der Waals surface area contributed by atoms with Gasteiger partial charge in [-0.2, -0.15) is 0 Å². The van der Waals surface area contributed by atoms with Crippen LogP contribution in [0.2, 0.25) is 6.32 Å². The van der Waals surface area contributed by atoms with Gasteiger partial charge in [-0.25, -0.2) is 0 Å². The summed E-state index contributed by atoms with van der Waals surface area (Å²) < 4.78 is 0. The van der Waals surface area contributed by atoms with Crippen LogP contribution in [-0.2, 0) is 0 Å². The van der Waals surface area contributed by atoms with Crippen molar-refractivity contribution in [1.82, 2.24) is 0 Å². The zero-order valence-corrected chi connectivity index (χ0v) is 10.8. The van der Waals surface area contributed by atoms with Crippen molar-refractivity contribution in [2.75, 3.05) is 0 Å². The van der Waals surface area contributed by atoms with Gasteiger partial charge in [-0.15, -0.1) is 0 Å². The van der Waals surface area contributed by atoms with Crippen molar-refractivity contribution in [3.05, 3.63) is 0 Å². The molecule has 0 saturated heterocycles. The maximum Gasteiger partial charge on any atom is 0.0653 e. The molecule has 0 aliphatic heterocycles. The van der Waals surface area contributed by atoms with Crippen molar-refractivity contribution >= 4 is 7.85 Å². The average Bonchev–Trinajstić information content (AvgIpc) is 2.26. The molecule has 0 bridgehead atoms. The normalized spacial score (nSPS) is 10.7. The van der Waals surface area contributed by atoms with Gasteiger partial charge in [0.25, 0.3) is 0 Å². The third kappa shape index (κ3) is 14.1. The molecule has 0 aromatic heterocycles. The Morgan fingerprint density at radius 3 is 1.20 bits per heavy atom. The van der Waals surface area contributed by atoms with Crippen molar-refractivity contribution in [2.24, 2.45) is 0 Å². The van der Waals surface area contributed by atoms with E-state index in [0.29, 0.717) is 0 Å². The van der Waals surface area contributed by atoms with E-state index >= 15 is 0 Å². The molecule has 0 atom stereocenters. The fourth-order valence-electron chi connectivity index (χ4n) is 1.99. The van der Waals surface area contributed by atoms with Gasteiger partial charge in [0.1, 0.15) is 0 Å². The molecule has 0 aromatic carbocycles. The van der Waals surface area contributed by atoms with Crippen LogP contribution in [0.1, 0.15) is 84.0 Å². The van der Waals surface area contributed by atoms with Gasteiger partial charge in [0.05, 0.1) is 7.85 Å². The minimum absolute atomic E-state index is 0.872. The summed E-state index contributed by atoms with van der Waals surface area (Å²) in [5.41, 5.74) is 0. The summed E-state index contributed by atoms with van der Waals surface area (Å²) in [6, 6.07) is 0. The van der Waals surface area contributed by atoms with E-state index in [-0.39, 0.29) is 0 Å². The Morgan fingerprint density at radius 2 is 0.867 bits per heavy atom. The van der Waals surface area contributed by atoms with Crippen LogP contribution in [0, 0.1) is 0 Å². The summed E-state index contributed by atoms with van der Waals surface area (Å²) in [6.45, 7) is 2.28. The second-order valence-corrected chi connectivity index (χ2v) is 4.68. The molecular formula is C14H29B. The first-order chi connectivity index (χ1) is 7.41. The predicted molar refractivity (Wildman–Crippen MR) is 71.6 cm³/mol. The van der Waals surface area contributed by atoms with Crippen molar-refractivity contribution in [3.63, 3.8) is 0 Å². The molecule has 1 heteroatoms. The SMILES string of the molecule is [B]CCCCCCCCCCCCCC. The Balaban J connectivity index is 2.81. The van der Waals surface area contributed by atoms with Crippen LogP contribution < -0.4 is 0 Å². The lowest BCUT2D eigenvalue weighted by Crippen LogP contribution is -1.82. The van der Waals surface area contributed by atoms with Crippen LogP contribution in [0.5, 0.6) is 0 Å². The standard InChI is InChI=1S/C14H29B/c1-2-3-4-5-6-7-8-9-10-11-12-13-14-15/h2-14H2,1H3. The fraction of sp³-hybridized carbons (Fsp3) is 1.00. The first kappa shape index (κ1) is 15.1. The quantitative estimate of drug-likeness (QED) is 0.302. The molecule has 0 N–H and O–H groups in total. The summed E-state index contributed by atoms with van der Waals surface area (Å²) in [5.74, 6) is 0. The zero-order chi connectivity index (χ0) is 11.2. The Hall–Kier alpha value is 0.0649. The van der Waals surface area contributed by atoms with E-state index in [1.165, 1.54) is 77.0 Å². The predicted octanol–water partition coefficient (Wildman–Crippen LogP) is 5.27.